The molecule has 0 radical (unpaired) electrons. The average Bonchev–Trinajstić information content (AvgIpc) is 2.26. The minimum atomic E-state index is -3.06. The zero-order valence-corrected chi connectivity index (χ0v) is 11.0. The lowest BCUT2D eigenvalue weighted by Gasteiger charge is -2.26. The first-order valence-corrected chi connectivity index (χ1v) is 7.80. The van der Waals surface area contributed by atoms with E-state index in [0.29, 0.717) is 18.8 Å². The van der Waals surface area contributed by atoms with Crippen LogP contribution in [0.4, 0.5) is 0 Å². The van der Waals surface area contributed by atoms with Crippen LogP contribution in [0.5, 0.6) is 0 Å². The highest BCUT2D eigenvalue weighted by Gasteiger charge is 2.35. The fourth-order valence-electron chi connectivity index (χ4n) is 2.23. The van der Waals surface area contributed by atoms with E-state index in [1.54, 1.807) is 0 Å². The quantitative estimate of drug-likeness (QED) is 0.762. The summed E-state index contributed by atoms with van der Waals surface area (Å²) in [6, 6.07) is 2.17. The van der Waals surface area contributed by atoms with Gasteiger partial charge in [0, 0.05) is 0 Å². The normalized spacial score (nSPS) is 26.6. The Hall–Kier alpha value is -0.560. The maximum atomic E-state index is 12.1. The molecule has 0 aromatic rings. The van der Waals surface area contributed by atoms with Crippen molar-refractivity contribution in [2.75, 3.05) is 5.75 Å². The van der Waals surface area contributed by atoms with Crippen LogP contribution in [0, 0.1) is 23.2 Å². The maximum absolute atomic E-state index is 12.1. The third kappa shape index (κ3) is 3.48. The number of hydrogen-bond acceptors (Lipinski definition) is 3. The number of hydrogen-bond donors (Lipinski definition) is 0. The van der Waals surface area contributed by atoms with Gasteiger partial charge in [-0.2, -0.15) is 5.26 Å². The van der Waals surface area contributed by atoms with E-state index in [1.807, 2.05) is 13.8 Å². The Morgan fingerprint density at radius 3 is 2.50 bits per heavy atom. The number of nitriles is 1. The molecule has 1 aliphatic rings. The standard InChI is InChI=1S/C12H21NO2S/c1-10(2)7-8-16(14,15)12-6-4-3-5-11(12)9-13/h10-12H,3-8H2,1-2H3. The van der Waals surface area contributed by atoms with E-state index in [0.717, 1.165) is 19.3 Å². The summed E-state index contributed by atoms with van der Waals surface area (Å²) >= 11 is 0. The first-order valence-electron chi connectivity index (χ1n) is 6.08. The lowest BCUT2D eigenvalue weighted by molar-refractivity contribution is 0.417. The van der Waals surface area contributed by atoms with Crippen molar-refractivity contribution in [2.45, 2.75) is 51.2 Å². The Balaban J connectivity index is 2.69. The number of nitrogens with zero attached hydrogens (tertiary/aromatic N) is 1. The zero-order valence-electron chi connectivity index (χ0n) is 10.1. The highest BCUT2D eigenvalue weighted by Crippen LogP contribution is 2.30. The summed E-state index contributed by atoms with van der Waals surface area (Å²) in [7, 11) is -3.06. The second-order valence-electron chi connectivity index (χ2n) is 5.11. The van der Waals surface area contributed by atoms with Gasteiger partial charge in [0.25, 0.3) is 0 Å². The van der Waals surface area contributed by atoms with Crippen molar-refractivity contribution >= 4 is 9.84 Å². The first-order chi connectivity index (χ1) is 7.47. The molecule has 0 bridgehead atoms. The molecule has 0 aliphatic heterocycles. The highest BCUT2D eigenvalue weighted by atomic mass is 32.2. The van der Waals surface area contributed by atoms with E-state index in [1.165, 1.54) is 0 Å². The molecule has 1 fully saturated rings. The second-order valence-corrected chi connectivity index (χ2v) is 7.45. The van der Waals surface area contributed by atoms with E-state index >= 15 is 0 Å². The van der Waals surface area contributed by atoms with Gasteiger partial charge in [-0.05, 0) is 25.2 Å². The van der Waals surface area contributed by atoms with Crippen LogP contribution in [0.15, 0.2) is 0 Å². The first kappa shape index (κ1) is 13.5. The zero-order chi connectivity index (χ0) is 12.2. The fraction of sp³-hybridized carbons (Fsp3) is 0.917. The van der Waals surface area contributed by atoms with Crippen LogP contribution in [0.2, 0.25) is 0 Å². The smallest absolute Gasteiger partial charge is 0.154 e. The van der Waals surface area contributed by atoms with Gasteiger partial charge < -0.3 is 0 Å². The lowest BCUT2D eigenvalue weighted by Crippen LogP contribution is -2.34. The molecule has 16 heavy (non-hydrogen) atoms. The molecule has 0 aromatic heterocycles. The topological polar surface area (TPSA) is 57.9 Å². The monoisotopic (exact) mass is 243 g/mol. The van der Waals surface area contributed by atoms with Crippen LogP contribution >= 0.6 is 0 Å². The molecule has 0 amide bonds. The minimum Gasteiger partial charge on any atom is -0.229 e. The largest absolute Gasteiger partial charge is 0.229 e. The van der Waals surface area contributed by atoms with Gasteiger partial charge in [0.15, 0.2) is 9.84 Å². The molecule has 1 rings (SSSR count). The van der Waals surface area contributed by atoms with Crippen LogP contribution in [-0.2, 0) is 9.84 Å². The van der Waals surface area contributed by atoms with Crippen LogP contribution in [0.3, 0.4) is 0 Å². The summed E-state index contributed by atoms with van der Waals surface area (Å²) in [4.78, 5) is 0. The van der Waals surface area contributed by atoms with Crippen molar-refractivity contribution in [1.29, 1.82) is 5.26 Å². The third-order valence-corrected chi connectivity index (χ3v) is 5.60. The summed E-state index contributed by atoms with van der Waals surface area (Å²) < 4.78 is 24.2. The minimum absolute atomic E-state index is 0.244. The SMILES string of the molecule is CC(C)CCS(=O)(=O)C1CCCCC1C#N. The number of sulfone groups is 1. The van der Waals surface area contributed by atoms with Crippen LogP contribution < -0.4 is 0 Å². The molecule has 0 saturated heterocycles. The lowest BCUT2D eigenvalue weighted by atomic mass is 9.90. The Bertz CT molecular complexity index is 354. The molecule has 0 spiro atoms. The molecular weight excluding hydrogens is 222 g/mol. The van der Waals surface area contributed by atoms with Gasteiger partial charge in [-0.15, -0.1) is 0 Å². The summed E-state index contributed by atoms with van der Waals surface area (Å²) in [5.41, 5.74) is 0. The Morgan fingerprint density at radius 2 is 1.94 bits per heavy atom. The van der Waals surface area contributed by atoms with Gasteiger partial charge >= 0.3 is 0 Å². The van der Waals surface area contributed by atoms with Crippen LogP contribution in [0.1, 0.15) is 46.0 Å². The van der Waals surface area contributed by atoms with E-state index in [-0.39, 0.29) is 11.7 Å². The van der Waals surface area contributed by atoms with Gasteiger partial charge in [-0.25, -0.2) is 8.42 Å². The molecule has 2 unspecified atom stereocenters. The van der Waals surface area contributed by atoms with Crippen LogP contribution in [-0.4, -0.2) is 19.4 Å². The third-order valence-electron chi connectivity index (χ3n) is 3.31. The van der Waals surface area contributed by atoms with Crippen molar-refractivity contribution in [3.63, 3.8) is 0 Å². The van der Waals surface area contributed by atoms with Crippen molar-refractivity contribution in [3.8, 4) is 6.07 Å². The second kappa shape index (κ2) is 5.67. The summed E-state index contributed by atoms with van der Waals surface area (Å²) in [5.74, 6) is 0.373. The van der Waals surface area contributed by atoms with Gasteiger partial charge in [0.2, 0.25) is 0 Å². The maximum Gasteiger partial charge on any atom is 0.154 e. The van der Waals surface area contributed by atoms with E-state index in [2.05, 4.69) is 6.07 Å². The summed E-state index contributed by atoms with van der Waals surface area (Å²) in [5, 5.41) is 8.59. The number of rotatable bonds is 4. The summed E-state index contributed by atoms with van der Waals surface area (Å²) in [6.45, 7) is 4.05. The molecule has 4 heteroatoms. The van der Waals surface area contributed by atoms with Crippen molar-refractivity contribution < 1.29 is 8.42 Å². The summed E-state index contributed by atoms with van der Waals surface area (Å²) in [6.07, 6.45) is 4.08. The van der Waals surface area contributed by atoms with E-state index in [9.17, 15) is 8.42 Å². The highest BCUT2D eigenvalue weighted by molar-refractivity contribution is 7.92. The van der Waals surface area contributed by atoms with Gasteiger partial charge in [0.1, 0.15) is 0 Å². The molecule has 2 atom stereocenters. The average molecular weight is 243 g/mol. The Labute approximate surface area is 98.8 Å². The van der Waals surface area contributed by atoms with Gasteiger partial charge in [0.05, 0.1) is 23.0 Å². The van der Waals surface area contributed by atoms with E-state index < -0.39 is 15.1 Å². The molecule has 0 N–H and O–H groups in total. The predicted molar refractivity (Wildman–Crippen MR) is 64.6 cm³/mol. The molecule has 0 heterocycles. The molecule has 0 aromatic carbocycles. The van der Waals surface area contributed by atoms with Gasteiger partial charge in [-0.1, -0.05) is 26.7 Å². The van der Waals surface area contributed by atoms with Crippen molar-refractivity contribution in [1.82, 2.24) is 0 Å². The van der Waals surface area contributed by atoms with Crippen LogP contribution in [0.25, 0.3) is 0 Å². The molecule has 1 saturated carbocycles. The fourth-order valence-corrected chi connectivity index (χ4v) is 4.55. The molecule has 3 nitrogen and oxygen atoms in total. The van der Waals surface area contributed by atoms with E-state index in [4.69, 9.17) is 5.26 Å². The Morgan fingerprint density at radius 1 is 1.31 bits per heavy atom. The van der Waals surface area contributed by atoms with Crippen molar-refractivity contribution in [2.24, 2.45) is 11.8 Å². The molecule has 1 aliphatic carbocycles. The van der Waals surface area contributed by atoms with Gasteiger partial charge in [-0.3, -0.25) is 0 Å². The van der Waals surface area contributed by atoms with Crippen molar-refractivity contribution in [3.05, 3.63) is 0 Å². The predicted octanol–water partition coefficient (Wildman–Crippen LogP) is 2.53. The Kier molecular flexibility index (Phi) is 4.79. The molecule has 92 valence electrons. The molecular formula is C12H21NO2S.